The Morgan fingerprint density at radius 3 is 2.11 bits per heavy atom. The van der Waals surface area contributed by atoms with Gasteiger partial charge in [0.15, 0.2) is 0 Å². The molecular formula is C25H34N2O. The van der Waals surface area contributed by atoms with Crippen molar-refractivity contribution < 1.29 is 5.11 Å². The summed E-state index contributed by atoms with van der Waals surface area (Å²) in [5.41, 5.74) is 9.17. The summed E-state index contributed by atoms with van der Waals surface area (Å²) in [5, 5.41) is 10.8. The Hall–Kier alpha value is -1.68. The fourth-order valence-electron chi connectivity index (χ4n) is 5.93. The first-order valence-corrected chi connectivity index (χ1v) is 10.9. The summed E-state index contributed by atoms with van der Waals surface area (Å²) >= 11 is 0. The highest BCUT2D eigenvalue weighted by Crippen LogP contribution is 2.49. The second kappa shape index (κ2) is 8.77. The van der Waals surface area contributed by atoms with Gasteiger partial charge in [0.1, 0.15) is 0 Å². The minimum Gasteiger partial charge on any atom is -0.393 e. The molecule has 0 spiro atoms. The lowest BCUT2D eigenvalue weighted by Gasteiger charge is -2.49. The van der Waals surface area contributed by atoms with Crippen LogP contribution in [0.4, 0.5) is 0 Å². The Balaban J connectivity index is 1.55. The topological polar surface area (TPSA) is 49.5 Å². The molecule has 3 atom stereocenters. The van der Waals surface area contributed by atoms with Crippen LogP contribution in [0, 0.1) is 11.8 Å². The van der Waals surface area contributed by atoms with Gasteiger partial charge in [-0.2, -0.15) is 0 Å². The first-order chi connectivity index (χ1) is 13.7. The summed E-state index contributed by atoms with van der Waals surface area (Å²) < 4.78 is 0. The molecule has 1 aliphatic heterocycles. The second-order valence-electron chi connectivity index (χ2n) is 8.75. The molecule has 4 rings (SSSR count). The number of nitrogens with two attached hydrogens (primary N) is 1. The fraction of sp³-hybridized carbons (Fsp3) is 0.520. The molecule has 3 N–H and O–H groups in total. The Morgan fingerprint density at radius 2 is 1.54 bits per heavy atom. The average molecular weight is 379 g/mol. The molecular weight excluding hydrogens is 344 g/mol. The van der Waals surface area contributed by atoms with Crippen LogP contribution in [0.5, 0.6) is 0 Å². The fourth-order valence-corrected chi connectivity index (χ4v) is 5.93. The quantitative estimate of drug-likeness (QED) is 0.800. The molecule has 1 aliphatic carbocycles. The molecule has 0 radical (unpaired) electrons. The highest BCUT2D eigenvalue weighted by molar-refractivity contribution is 5.30. The van der Waals surface area contributed by atoms with Crippen molar-refractivity contribution in [2.75, 3.05) is 19.6 Å². The molecule has 0 aromatic heterocycles. The highest BCUT2D eigenvalue weighted by atomic mass is 16.3. The molecule has 28 heavy (non-hydrogen) atoms. The second-order valence-corrected chi connectivity index (χ2v) is 8.75. The summed E-state index contributed by atoms with van der Waals surface area (Å²) in [6.07, 6.45) is 5.23. The predicted molar refractivity (Wildman–Crippen MR) is 115 cm³/mol. The lowest BCUT2D eigenvalue weighted by Crippen LogP contribution is -2.53. The molecule has 2 aliphatic rings. The van der Waals surface area contributed by atoms with Crippen molar-refractivity contribution in [3.05, 3.63) is 71.8 Å². The monoisotopic (exact) mass is 378 g/mol. The SMILES string of the molecule is NCC(c1ccccc1)(C1CCN(Cc2ccccc2)CC1)C1CCCC1O. The zero-order valence-corrected chi connectivity index (χ0v) is 16.8. The third-order valence-corrected chi connectivity index (χ3v) is 7.36. The van der Waals surface area contributed by atoms with Crippen molar-refractivity contribution in [2.45, 2.75) is 50.2 Å². The van der Waals surface area contributed by atoms with Crippen molar-refractivity contribution in [1.29, 1.82) is 0 Å². The zero-order valence-electron chi connectivity index (χ0n) is 16.8. The van der Waals surface area contributed by atoms with Crippen molar-refractivity contribution in [1.82, 2.24) is 4.90 Å². The van der Waals surface area contributed by atoms with E-state index in [1.807, 2.05) is 0 Å². The molecule has 1 heterocycles. The van der Waals surface area contributed by atoms with E-state index in [-0.39, 0.29) is 17.4 Å². The van der Waals surface area contributed by atoms with E-state index in [2.05, 4.69) is 65.6 Å². The van der Waals surface area contributed by atoms with E-state index in [9.17, 15) is 5.11 Å². The molecule has 3 nitrogen and oxygen atoms in total. The van der Waals surface area contributed by atoms with Crippen molar-refractivity contribution in [2.24, 2.45) is 17.6 Å². The molecule has 1 saturated carbocycles. The van der Waals surface area contributed by atoms with Gasteiger partial charge in [0.25, 0.3) is 0 Å². The third-order valence-electron chi connectivity index (χ3n) is 7.36. The summed E-state index contributed by atoms with van der Waals surface area (Å²) in [5.74, 6) is 0.815. The number of likely N-dealkylation sites (tertiary alicyclic amines) is 1. The van der Waals surface area contributed by atoms with Gasteiger partial charge in [0, 0.05) is 18.5 Å². The van der Waals surface area contributed by atoms with Crippen LogP contribution in [0.15, 0.2) is 60.7 Å². The smallest absolute Gasteiger partial charge is 0.0577 e. The van der Waals surface area contributed by atoms with Crippen LogP contribution in [0.2, 0.25) is 0 Å². The standard InChI is InChI=1S/C25H34N2O/c26-19-25(21-10-5-2-6-11-21,23-12-7-13-24(23)28)22-14-16-27(17-15-22)18-20-8-3-1-4-9-20/h1-6,8-11,22-24,28H,7,12-19,26H2. The maximum Gasteiger partial charge on any atom is 0.0577 e. The number of rotatable bonds is 6. The van der Waals surface area contributed by atoms with Crippen molar-refractivity contribution in [3.8, 4) is 0 Å². The largest absolute Gasteiger partial charge is 0.393 e. The van der Waals surface area contributed by atoms with Crippen molar-refractivity contribution >= 4 is 0 Å². The molecule has 3 heteroatoms. The molecule has 0 amide bonds. The van der Waals surface area contributed by atoms with E-state index in [0.717, 1.165) is 51.7 Å². The van der Waals surface area contributed by atoms with E-state index in [0.29, 0.717) is 12.5 Å². The number of hydrogen-bond donors (Lipinski definition) is 2. The van der Waals surface area contributed by atoms with Gasteiger partial charge in [-0.1, -0.05) is 67.1 Å². The normalized spacial score (nSPS) is 26.2. The minimum atomic E-state index is -0.217. The number of hydrogen-bond acceptors (Lipinski definition) is 3. The predicted octanol–water partition coefficient (Wildman–Crippen LogP) is 3.96. The number of piperidine rings is 1. The van der Waals surface area contributed by atoms with Gasteiger partial charge in [-0.25, -0.2) is 0 Å². The number of aliphatic hydroxyl groups is 1. The number of benzene rings is 2. The Bertz CT molecular complexity index is 727. The van der Waals surface area contributed by atoms with Crippen LogP contribution in [-0.2, 0) is 12.0 Å². The molecule has 150 valence electrons. The lowest BCUT2D eigenvalue weighted by molar-refractivity contribution is 0.0278. The Kier molecular flexibility index (Phi) is 6.15. The van der Waals surface area contributed by atoms with E-state index >= 15 is 0 Å². The van der Waals surface area contributed by atoms with Crippen molar-refractivity contribution in [3.63, 3.8) is 0 Å². The summed E-state index contributed by atoms with van der Waals surface area (Å²) in [6, 6.07) is 21.6. The van der Waals surface area contributed by atoms with E-state index in [1.54, 1.807) is 0 Å². The zero-order chi connectivity index (χ0) is 19.4. The Labute approximate surface area is 169 Å². The summed E-state index contributed by atoms with van der Waals surface area (Å²) in [4.78, 5) is 2.57. The van der Waals surface area contributed by atoms with Gasteiger partial charge in [-0.15, -0.1) is 0 Å². The van der Waals surface area contributed by atoms with E-state index < -0.39 is 0 Å². The highest BCUT2D eigenvalue weighted by Gasteiger charge is 2.50. The molecule has 2 aromatic carbocycles. The summed E-state index contributed by atoms with van der Waals surface area (Å²) in [6.45, 7) is 3.87. The molecule has 0 bridgehead atoms. The van der Waals surface area contributed by atoms with Crippen LogP contribution in [0.1, 0.15) is 43.2 Å². The van der Waals surface area contributed by atoms with Crippen LogP contribution < -0.4 is 5.73 Å². The van der Waals surface area contributed by atoms with Gasteiger partial charge in [-0.3, -0.25) is 4.90 Å². The van der Waals surface area contributed by atoms with Gasteiger partial charge >= 0.3 is 0 Å². The first kappa shape index (κ1) is 19.6. The molecule has 2 fully saturated rings. The van der Waals surface area contributed by atoms with E-state index in [4.69, 9.17) is 5.73 Å². The lowest BCUT2D eigenvalue weighted by atomic mass is 9.58. The van der Waals surface area contributed by atoms with Crippen LogP contribution in [0.3, 0.4) is 0 Å². The maximum atomic E-state index is 10.8. The average Bonchev–Trinajstić information content (AvgIpc) is 3.18. The van der Waals surface area contributed by atoms with Crippen LogP contribution in [0.25, 0.3) is 0 Å². The number of nitrogens with zero attached hydrogens (tertiary/aromatic N) is 1. The van der Waals surface area contributed by atoms with Crippen LogP contribution >= 0.6 is 0 Å². The first-order valence-electron chi connectivity index (χ1n) is 10.9. The van der Waals surface area contributed by atoms with Gasteiger partial charge in [0.2, 0.25) is 0 Å². The number of aliphatic hydroxyl groups excluding tert-OH is 1. The van der Waals surface area contributed by atoms with E-state index in [1.165, 1.54) is 11.1 Å². The van der Waals surface area contributed by atoms with Gasteiger partial charge < -0.3 is 10.8 Å². The van der Waals surface area contributed by atoms with Gasteiger partial charge in [-0.05, 0) is 61.7 Å². The summed E-state index contributed by atoms with van der Waals surface area (Å²) in [7, 11) is 0. The Morgan fingerprint density at radius 1 is 0.893 bits per heavy atom. The molecule has 1 saturated heterocycles. The minimum absolute atomic E-state index is 0.101. The third kappa shape index (κ3) is 3.76. The molecule has 2 aromatic rings. The molecule has 3 unspecified atom stereocenters. The maximum absolute atomic E-state index is 10.8. The van der Waals surface area contributed by atoms with Gasteiger partial charge in [0.05, 0.1) is 6.10 Å². The van der Waals surface area contributed by atoms with Crippen LogP contribution in [-0.4, -0.2) is 35.7 Å².